The number of anilines is 1. The number of nitrogens with zero attached hydrogens (tertiary/aromatic N) is 3. The Morgan fingerprint density at radius 1 is 1.17 bits per heavy atom. The van der Waals surface area contributed by atoms with Crippen molar-refractivity contribution in [1.29, 1.82) is 0 Å². The quantitative estimate of drug-likeness (QED) is 0.407. The number of aryl methyl sites for hydroxylation is 2. The Balaban J connectivity index is 1.51. The van der Waals surface area contributed by atoms with E-state index in [4.69, 9.17) is 4.74 Å². The molecule has 0 aliphatic rings. The molecular weight excluding hydrogens is 464 g/mol. The lowest BCUT2D eigenvalue weighted by atomic mass is 10.1. The first-order chi connectivity index (χ1) is 14.6. The Kier molecular flexibility index (Phi) is 8.33. The van der Waals surface area contributed by atoms with E-state index in [-0.39, 0.29) is 11.7 Å². The third-order valence-corrected chi connectivity index (χ3v) is 6.04. The maximum absolute atomic E-state index is 12.3. The SMILES string of the molecule is CCn1c(CCCc2ccc(OC)cc2)nnc1SCC(=O)Nc1cccc(Br)c1. The molecule has 1 N–H and O–H groups in total. The molecule has 0 aliphatic heterocycles. The van der Waals surface area contributed by atoms with Gasteiger partial charge in [0, 0.05) is 23.1 Å². The summed E-state index contributed by atoms with van der Waals surface area (Å²) in [5, 5.41) is 12.3. The fourth-order valence-electron chi connectivity index (χ4n) is 3.06. The summed E-state index contributed by atoms with van der Waals surface area (Å²) in [5.41, 5.74) is 2.04. The van der Waals surface area contributed by atoms with Crippen LogP contribution < -0.4 is 10.1 Å². The van der Waals surface area contributed by atoms with Crippen molar-refractivity contribution in [1.82, 2.24) is 14.8 Å². The monoisotopic (exact) mass is 488 g/mol. The molecule has 0 atom stereocenters. The molecule has 0 radical (unpaired) electrons. The summed E-state index contributed by atoms with van der Waals surface area (Å²) in [4.78, 5) is 12.3. The summed E-state index contributed by atoms with van der Waals surface area (Å²) in [6.45, 7) is 2.85. The van der Waals surface area contributed by atoms with Gasteiger partial charge in [0.05, 0.1) is 12.9 Å². The Morgan fingerprint density at radius 3 is 2.67 bits per heavy atom. The number of amides is 1. The average Bonchev–Trinajstić information content (AvgIpc) is 3.14. The first kappa shape index (κ1) is 22.4. The van der Waals surface area contributed by atoms with Crippen LogP contribution in [0.2, 0.25) is 0 Å². The zero-order valence-corrected chi connectivity index (χ0v) is 19.5. The molecule has 1 amide bonds. The van der Waals surface area contributed by atoms with Crippen LogP contribution in [0.4, 0.5) is 5.69 Å². The van der Waals surface area contributed by atoms with E-state index < -0.39 is 0 Å². The standard InChI is InChI=1S/C22H25BrN4O2S/c1-3-27-20(9-4-6-16-10-12-19(29-2)13-11-16)25-26-22(27)30-15-21(28)24-18-8-5-7-17(23)14-18/h5,7-8,10-14H,3-4,6,9,15H2,1-2H3,(H,24,28). The summed E-state index contributed by atoms with van der Waals surface area (Å²) in [5.74, 6) is 2.05. The molecule has 1 heterocycles. The maximum Gasteiger partial charge on any atom is 0.234 e. The fraction of sp³-hybridized carbons (Fsp3) is 0.318. The minimum atomic E-state index is -0.0650. The first-order valence-electron chi connectivity index (χ1n) is 9.82. The molecule has 0 unspecified atom stereocenters. The normalized spacial score (nSPS) is 10.8. The van der Waals surface area contributed by atoms with Crippen molar-refractivity contribution >= 4 is 39.3 Å². The molecule has 8 heteroatoms. The third-order valence-electron chi connectivity index (χ3n) is 4.58. The highest BCUT2D eigenvalue weighted by molar-refractivity contribution is 9.10. The summed E-state index contributed by atoms with van der Waals surface area (Å²) in [6, 6.07) is 15.7. The fourth-order valence-corrected chi connectivity index (χ4v) is 4.29. The maximum atomic E-state index is 12.3. The number of nitrogens with one attached hydrogen (secondary N) is 1. The van der Waals surface area contributed by atoms with E-state index in [9.17, 15) is 4.79 Å². The number of rotatable bonds is 10. The number of halogens is 1. The number of benzene rings is 2. The van der Waals surface area contributed by atoms with E-state index in [2.05, 4.69) is 55.1 Å². The van der Waals surface area contributed by atoms with E-state index in [1.54, 1.807) is 7.11 Å². The molecule has 0 aliphatic carbocycles. The van der Waals surface area contributed by atoms with Crippen LogP contribution >= 0.6 is 27.7 Å². The van der Waals surface area contributed by atoms with Crippen LogP contribution in [-0.2, 0) is 24.2 Å². The molecule has 3 aromatic rings. The van der Waals surface area contributed by atoms with E-state index in [0.717, 1.165) is 52.7 Å². The van der Waals surface area contributed by atoms with Gasteiger partial charge in [0.1, 0.15) is 11.6 Å². The second-order valence-electron chi connectivity index (χ2n) is 6.69. The molecule has 0 bridgehead atoms. The van der Waals surface area contributed by atoms with Crippen molar-refractivity contribution in [3.8, 4) is 5.75 Å². The van der Waals surface area contributed by atoms with E-state index in [1.807, 2.05) is 36.4 Å². The van der Waals surface area contributed by atoms with Gasteiger partial charge in [0.25, 0.3) is 0 Å². The minimum absolute atomic E-state index is 0.0650. The van der Waals surface area contributed by atoms with Crippen LogP contribution in [0.1, 0.15) is 24.7 Å². The number of ether oxygens (including phenoxy) is 1. The summed E-state index contributed by atoms with van der Waals surface area (Å²) >= 11 is 4.82. The van der Waals surface area contributed by atoms with Crippen molar-refractivity contribution in [3.05, 3.63) is 64.4 Å². The van der Waals surface area contributed by atoms with Gasteiger partial charge in [-0.2, -0.15) is 0 Å². The lowest BCUT2D eigenvalue weighted by Gasteiger charge is -2.08. The summed E-state index contributed by atoms with van der Waals surface area (Å²) in [7, 11) is 1.67. The van der Waals surface area contributed by atoms with Crippen LogP contribution in [0.3, 0.4) is 0 Å². The van der Waals surface area contributed by atoms with Crippen LogP contribution in [-0.4, -0.2) is 33.5 Å². The molecule has 2 aromatic carbocycles. The highest BCUT2D eigenvalue weighted by Crippen LogP contribution is 2.20. The van der Waals surface area contributed by atoms with Crippen molar-refractivity contribution in [2.45, 2.75) is 37.9 Å². The Hall–Kier alpha value is -2.32. The van der Waals surface area contributed by atoms with E-state index >= 15 is 0 Å². The molecule has 1 aromatic heterocycles. The van der Waals surface area contributed by atoms with Gasteiger partial charge in [0.2, 0.25) is 5.91 Å². The zero-order chi connectivity index (χ0) is 21.3. The highest BCUT2D eigenvalue weighted by Gasteiger charge is 2.13. The first-order valence-corrected chi connectivity index (χ1v) is 11.6. The van der Waals surface area contributed by atoms with Crippen LogP contribution in [0.25, 0.3) is 0 Å². The lowest BCUT2D eigenvalue weighted by molar-refractivity contribution is -0.113. The van der Waals surface area contributed by atoms with E-state index in [1.165, 1.54) is 17.3 Å². The molecule has 6 nitrogen and oxygen atoms in total. The molecule has 0 saturated heterocycles. The summed E-state index contributed by atoms with van der Waals surface area (Å²) < 4.78 is 8.22. The number of aromatic nitrogens is 3. The predicted molar refractivity (Wildman–Crippen MR) is 124 cm³/mol. The molecule has 0 saturated carbocycles. The van der Waals surface area contributed by atoms with Gasteiger partial charge in [-0.3, -0.25) is 4.79 Å². The number of methoxy groups -OCH3 is 1. The lowest BCUT2D eigenvalue weighted by Crippen LogP contribution is -2.14. The molecule has 158 valence electrons. The van der Waals surface area contributed by atoms with Crippen molar-refractivity contribution in [2.24, 2.45) is 0 Å². The largest absolute Gasteiger partial charge is 0.497 e. The topological polar surface area (TPSA) is 69.0 Å². The smallest absolute Gasteiger partial charge is 0.234 e. The number of thioether (sulfide) groups is 1. The van der Waals surface area contributed by atoms with Crippen molar-refractivity contribution in [2.75, 3.05) is 18.2 Å². The van der Waals surface area contributed by atoms with Gasteiger partial charge < -0.3 is 14.6 Å². The second-order valence-corrected chi connectivity index (χ2v) is 8.55. The van der Waals surface area contributed by atoms with Crippen LogP contribution in [0.5, 0.6) is 5.75 Å². The average molecular weight is 489 g/mol. The van der Waals surface area contributed by atoms with Gasteiger partial charge in [0.15, 0.2) is 5.16 Å². The molecule has 30 heavy (non-hydrogen) atoms. The summed E-state index contributed by atoms with van der Waals surface area (Å²) in [6.07, 6.45) is 2.80. The van der Waals surface area contributed by atoms with Crippen molar-refractivity contribution < 1.29 is 9.53 Å². The zero-order valence-electron chi connectivity index (χ0n) is 17.1. The van der Waals surface area contributed by atoms with Crippen LogP contribution in [0.15, 0.2) is 58.2 Å². The highest BCUT2D eigenvalue weighted by atomic mass is 79.9. The third kappa shape index (κ3) is 6.34. The number of carbonyl (C=O) groups excluding carboxylic acids is 1. The van der Waals surface area contributed by atoms with Gasteiger partial charge in [-0.05, 0) is 55.7 Å². The number of hydrogen-bond donors (Lipinski definition) is 1. The van der Waals surface area contributed by atoms with E-state index in [0.29, 0.717) is 0 Å². The van der Waals surface area contributed by atoms with Crippen LogP contribution in [0, 0.1) is 0 Å². The Morgan fingerprint density at radius 2 is 1.97 bits per heavy atom. The molecule has 3 rings (SSSR count). The molecule has 0 spiro atoms. The van der Waals surface area contributed by atoms with Gasteiger partial charge in [-0.1, -0.05) is 45.9 Å². The molecular formula is C22H25BrN4O2S. The Bertz CT molecular complexity index is 976. The minimum Gasteiger partial charge on any atom is -0.497 e. The number of carbonyl (C=O) groups is 1. The molecule has 0 fully saturated rings. The second kappa shape index (κ2) is 11.2. The van der Waals surface area contributed by atoms with Gasteiger partial charge in [-0.15, -0.1) is 10.2 Å². The van der Waals surface area contributed by atoms with Gasteiger partial charge >= 0.3 is 0 Å². The predicted octanol–water partition coefficient (Wildman–Crippen LogP) is 4.98. The van der Waals surface area contributed by atoms with Crippen molar-refractivity contribution in [3.63, 3.8) is 0 Å². The Labute approximate surface area is 189 Å². The number of hydrogen-bond acceptors (Lipinski definition) is 5. The van der Waals surface area contributed by atoms with Gasteiger partial charge in [-0.25, -0.2) is 0 Å².